The van der Waals surface area contributed by atoms with Crippen LogP contribution in [-0.2, 0) is 19.6 Å². The second kappa shape index (κ2) is 8.82. The summed E-state index contributed by atoms with van der Waals surface area (Å²) < 4.78 is 33.2. The minimum absolute atomic E-state index is 0.0202. The lowest BCUT2D eigenvalue weighted by Crippen LogP contribution is -2.14. The van der Waals surface area contributed by atoms with Crippen molar-refractivity contribution in [1.82, 2.24) is 0 Å². The first kappa shape index (κ1) is 19.4. The highest BCUT2D eigenvalue weighted by atomic mass is 35.5. The second-order valence-corrected chi connectivity index (χ2v) is 7.37. The predicted molar refractivity (Wildman–Crippen MR) is 86.4 cm³/mol. The van der Waals surface area contributed by atoms with E-state index in [1.165, 1.54) is 19.2 Å². The standard InChI is InChI=1S/C13H15Cl3O5S/c1-20-12(17)5-3-2-4-6-22(18,19)21-13-10(15)7-9(14)8-11(13)16/h7-8H,2-6H2,1H3. The monoisotopic (exact) mass is 388 g/mol. The number of carbonyl (C=O) groups excluding carboxylic acids is 1. The van der Waals surface area contributed by atoms with Crippen LogP contribution in [0.3, 0.4) is 0 Å². The zero-order valence-electron chi connectivity index (χ0n) is 11.8. The van der Waals surface area contributed by atoms with Gasteiger partial charge in [0.1, 0.15) is 0 Å². The van der Waals surface area contributed by atoms with Crippen LogP contribution in [0.1, 0.15) is 25.7 Å². The Labute approximate surface area is 144 Å². The molecular weight excluding hydrogens is 375 g/mol. The Balaban J connectivity index is 2.53. The van der Waals surface area contributed by atoms with Crippen molar-refractivity contribution in [2.24, 2.45) is 0 Å². The summed E-state index contributed by atoms with van der Waals surface area (Å²) in [5.74, 6) is -0.662. The van der Waals surface area contributed by atoms with Gasteiger partial charge in [0.05, 0.1) is 22.9 Å². The van der Waals surface area contributed by atoms with Gasteiger partial charge in [-0.15, -0.1) is 0 Å². The maximum absolute atomic E-state index is 11.9. The number of methoxy groups -OCH3 is 1. The highest BCUT2D eigenvalue weighted by Gasteiger charge is 2.18. The van der Waals surface area contributed by atoms with Crippen molar-refractivity contribution < 1.29 is 22.1 Å². The average Bonchev–Trinajstić information content (AvgIpc) is 2.42. The topological polar surface area (TPSA) is 69.7 Å². The smallest absolute Gasteiger partial charge is 0.309 e. The predicted octanol–water partition coefficient (Wildman–Crippen LogP) is 4.09. The zero-order chi connectivity index (χ0) is 16.8. The summed E-state index contributed by atoms with van der Waals surface area (Å²) >= 11 is 17.5. The molecule has 0 saturated carbocycles. The van der Waals surface area contributed by atoms with E-state index in [-0.39, 0.29) is 39.0 Å². The SMILES string of the molecule is COC(=O)CCCCCS(=O)(=O)Oc1c(Cl)cc(Cl)cc1Cl. The number of benzene rings is 1. The summed E-state index contributed by atoms with van der Waals surface area (Å²) in [7, 11) is -2.52. The van der Waals surface area contributed by atoms with Crippen molar-refractivity contribution in [3.63, 3.8) is 0 Å². The molecule has 0 bridgehead atoms. The molecule has 0 unspecified atom stereocenters. The quantitative estimate of drug-likeness (QED) is 0.380. The van der Waals surface area contributed by atoms with E-state index in [2.05, 4.69) is 4.74 Å². The molecular formula is C13H15Cl3O5S. The van der Waals surface area contributed by atoms with Crippen molar-refractivity contribution in [2.45, 2.75) is 25.7 Å². The van der Waals surface area contributed by atoms with Gasteiger partial charge < -0.3 is 8.92 Å². The maximum atomic E-state index is 11.9. The molecule has 22 heavy (non-hydrogen) atoms. The van der Waals surface area contributed by atoms with Crippen molar-refractivity contribution >= 4 is 50.9 Å². The van der Waals surface area contributed by atoms with E-state index >= 15 is 0 Å². The van der Waals surface area contributed by atoms with E-state index in [1.807, 2.05) is 0 Å². The van der Waals surface area contributed by atoms with Crippen molar-refractivity contribution in [2.75, 3.05) is 12.9 Å². The third-order valence-electron chi connectivity index (χ3n) is 2.68. The zero-order valence-corrected chi connectivity index (χ0v) is 14.9. The molecule has 5 nitrogen and oxygen atoms in total. The summed E-state index contributed by atoms with van der Waals surface area (Å²) in [5.41, 5.74) is 0. The normalized spacial score (nSPS) is 11.3. The Morgan fingerprint density at radius 3 is 2.23 bits per heavy atom. The minimum Gasteiger partial charge on any atom is -0.469 e. The number of hydrogen-bond donors (Lipinski definition) is 0. The van der Waals surface area contributed by atoms with Gasteiger partial charge in [0.2, 0.25) is 0 Å². The largest absolute Gasteiger partial charge is 0.469 e. The van der Waals surface area contributed by atoms with E-state index in [1.54, 1.807) is 0 Å². The first-order valence-electron chi connectivity index (χ1n) is 6.38. The van der Waals surface area contributed by atoms with Crippen molar-refractivity contribution in [3.05, 3.63) is 27.2 Å². The Morgan fingerprint density at radius 1 is 1.09 bits per heavy atom. The summed E-state index contributed by atoms with van der Waals surface area (Å²) in [6, 6.07) is 2.69. The summed E-state index contributed by atoms with van der Waals surface area (Å²) in [6.07, 6.45) is 1.71. The number of halogens is 3. The molecule has 0 aromatic heterocycles. The first-order valence-corrected chi connectivity index (χ1v) is 9.10. The van der Waals surface area contributed by atoms with Gasteiger partial charge >= 0.3 is 16.1 Å². The molecule has 0 saturated heterocycles. The molecule has 0 N–H and O–H groups in total. The lowest BCUT2D eigenvalue weighted by molar-refractivity contribution is -0.140. The molecule has 1 aromatic carbocycles. The van der Waals surface area contributed by atoms with Crippen LogP contribution in [0, 0.1) is 0 Å². The van der Waals surface area contributed by atoms with Gasteiger partial charge in [-0.05, 0) is 25.0 Å². The van der Waals surface area contributed by atoms with E-state index < -0.39 is 10.1 Å². The van der Waals surface area contributed by atoms with E-state index in [0.717, 1.165) is 0 Å². The number of carbonyl (C=O) groups is 1. The molecule has 0 atom stereocenters. The van der Waals surface area contributed by atoms with Gasteiger partial charge in [-0.1, -0.05) is 41.2 Å². The molecule has 0 aliphatic heterocycles. The molecule has 0 spiro atoms. The van der Waals surface area contributed by atoms with Crippen LogP contribution in [0.4, 0.5) is 0 Å². The molecule has 0 amide bonds. The van der Waals surface area contributed by atoms with Crippen LogP contribution >= 0.6 is 34.8 Å². The van der Waals surface area contributed by atoms with Gasteiger partial charge in [-0.3, -0.25) is 4.79 Å². The average molecular weight is 390 g/mol. The Kier molecular flexibility index (Phi) is 7.76. The van der Waals surface area contributed by atoms with Gasteiger partial charge in [-0.2, -0.15) is 8.42 Å². The Hall–Kier alpha value is -0.690. The lowest BCUT2D eigenvalue weighted by Gasteiger charge is -2.10. The molecule has 9 heteroatoms. The molecule has 0 aliphatic rings. The first-order chi connectivity index (χ1) is 10.2. The molecule has 0 aliphatic carbocycles. The van der Waals surface area contributed by atoms with Crippen molar-refractivity contribution in [1.29, 1.82) is 0 Å². The number of esters is 1. The molecule has 124 valence electrons. The number of hydrogen-bond acceptors (Lipinski definition) is 5. The molecule has 0 heterocycles. The number of ether oxygens (including phenoxy) is 1. The highest BCUT2D eigenvalue weighted by molar-refractivity contribution is 7.87. The number of rotatable bonds is 8. The van der Waals surface area contributed by atoms with Gasteiger partial charge in [0, 0.05) is 11.4 Å². The van der Waals surface area contributed by atoms with E-state index in [9.17, 15) is 13.2 Å². The van der Waals surface area contributed by atoms with Gasteiger partial charge in [-0.25, -0.2) is 0 Å². The molecule has 0 radical (unpaired) electrons. The fraction of sp³-hybridized carbons (Fsp3) is 0.462. The van der Waals surface area contributed by atoms with Gasteiger partial charge in [0.25, 0.3) is 0 Å². The molecule has 0 fully saturated rings. The van der Waals surface area contributed by atoms with E-state index in [4.69, 9.17) is 39.0 Å². The van der Waals surface area contributed by atoms with E-state index in [0.29, 0.717) is 19.3 Å². The van der Waals surface area contributed by atoms with Gasteiger partial charge in [0.15, 0.2) is 5.75 Å². The lowest BCUT2D eigenvalue weighted by atomic mass is 10.2. The van der Waals surface area contributed by atoms with Crippen LogP contribution in [0.25, 0.3) is 0 Å². The molecule has 1 aromatic rings. The van der Waals surface area contributed by atoms with Crippen LogP contribution in [-0.4, -0.2) is 27.2 Å². The minimum atomic E-state index is -3.83. The van der Waals surface area contributed by atoms with Crippen LogP contribution in [0.15, 0.2) is 12.1 Å². The second-order valence-electron chi connectivity index (χ2n) is 4.43. The van der Waals surface area contributed by atoms with Crippen LogP contribution < -0.4 is 4.18 Å². The Bertz CT molecular complexity index is 608. The Morgan fingerprint density at radius 2 is 1.68 bits per heavy atom. The summed E-state index contributed by atoms with van der Waals surface area (Å²) in [4.78, 5) is 10.9. The highest BCUT2D eigenvalue weighted by Crippen LogP contribution is 2.36. The fourth-order valence-electron chi connectivity index (χ4n) is 1.60. The number of unbranched alkanes of at least 4 members (excludes halogenated alkanes) is 2. The van der Waals surface area contributed by atoms with Crippen molar-refractivity contribution in [3.8, 4) is 5.75 Å². The van der Waals surface area contributed by atoms with Crippen LogP contribution in [0.2, 0.25) is 15.1 Å². The molecule has 1 rings (SSSR count). The van der Waals surface area contributed by atoms with Crippen LogP contribution in [0.5, 0.6) is 5.75 Å². The third kappa shape index (κ3) is 6.60. The maximum Gasteiger partial charge on any atom is 0.309 e. The fourth-order valence-corrected chi connectivity index (χ4v) is 3.66. The summed E-state index contributed by atoms with van der Waals surface area (Å²) in [5, 5.41) is 0.320. The summed E-state index contributed by atoms with van der Waals surface area (Å²) in [6.45, 7) is 0. The third-order valence-corrected chi connectivity index (χ3v) is 4.67.